The van der Waals surface area contributed by atoms with E-state index in [2.05, 4.69) is 314 Å². The van der Waals surface area contributed by atoms with Crippen molar-refractivity contribution in [3.05, 3.63) is 332 Å². The second kappa shape index (κ2) is 18.6. The number of hydrogen-bond donors (Lipinski definition) is 0. The van der Waals surface area contributed by atoms with Crippen LogP contribution in [0.2, 0.25) is 0 Å². The fourth-order valence-corrected chi connectivity index (χ4v) is 12.9. The third-order valence-electron chi connectivity index (χ3n) is 16.5. The molecule has 0 spiro atoms. The zero-order valence-corrected chi connectivity index (χ0v) is 42.9. The standard InChI is InChI=1S/C77H51N/c1-3-23-60(24-4-1)77(61-25-5-2-6-26-61)75-35-14-13-33-72(75)73-47-41-58(51-76(73)77)53-38-44-63(45-39-53)78(64-27-16-21-56(49-64)55-20-15-22-59(48-55)66-34-17-19-54-18-7-8-28-65(54)66)62-42-36-52(37-43-62)57-40-46-71-69-31-10-9-29-67(69)68-30-11-12-32-70(68)74(71)50-57/h1-51H. The summed E-state index contributed by atoms with van der Waals surface area (Å²) in [6.07, 6.45) is 0. The Morgan fingerprint density at radius 1 is 0.205 bits per heavy atom. The van der Waals surface area contributed by atoms with E-state index < -0.39 is 5.41 Å². The van der Waals surface area contributed by atoms with Crippen molar-refractivity contribution in [1.82, 2.24) is 0 Å². The molecule has 0 aliphatic heterocycles. The SMILES string of the molecule is c1ccc(C2(c3ccccc3)c3ccccc3-c3ccc(-c4ccc(N(c5ccc(-c6ccc7c8ccccc8c8ccccc8c7c6)cc5)c5cccc(-c6cccc(-c7cccc8ccccc78)c6)c5)cc4)cc32)cc1. The van der Waals surface area contributed by atoms with E-state index in [9.17, 15) is 0 Å². The van der Waals surface area contributed by atoms with Crippen molar-refractivity contribution in [2.45, 2.75) is 5.41 Å². The lowest BCUT2D eigenvalue weighted by Gasteiger charge is -2.34. The molecule has 0 heterocycles. The van der Waals surface area contributed by atoms with E-state index in [0.717, 1.165) is 22.6 Å². The van der Waals surface area contributed by atoms with Gasteiger partial charge in [0.25, 0.3) is 0 Å². The van der Waals surface area contributed by atoms with Crippen molar-refractivity contribution in [2.24, 2.45) is 0 Å². The van der Waals surface area contributed by atoms with Gasteiger partial charge >= 0.3 is 0 Å². The minimum absolute atomic E-state index is 0.470. The molecule has 78 heavy (non-hydrogen) atoms. The van der Waals surface area contributed by atoms with Gasteiger partial charge in [0, 0.05) is 17.1 Å². The normalized spacial score (nSPS) is 12.5. The Kier molecular flexibility index (Phi) is 10.8. The largest absolute Gasteiger partial charge is 0.310 e. The molecule has 1 aliphatic rings. The Hall–Kier alpha value is -10.1. The summed E-state index contributed by atoms with van der Waals surface area (Å²) in [7, 11) is 0. The van der Waals surface area contributed by atoms with Gasteiger partial charge in [0.2, 0.25) is 0 Å². The summed E-state index contributed by atoms with van der Waals surface area (Å²) in [6, 6.07) is 114. The van der Waals surface area contributed by atoms with E-state index in [0.29, 0.717) is 0 Å². The molecule has 0 saturated heterocycles. The summed E-state index contributed by atoms with van der Waals surface area (Å²) in [5, 5.41) is 10.2. The van der Waals surface area contributed by atoms with Crippen molar-refractivity contribution in [1.29, 1.82) is 0 Å². The second-order valence-corrected chi connectivity index (χ2v) is 20.7. The molecule has 0 fully saturated rings. The molecule has 0 saturated carbocycles. The van der Waals surface area contributed by atoms with E-state index >= 15 is 0 Å². The Labute approximate surface area is 455 Å². The molecular formula is C77H51N. The average molecular weight is 990 g/mol. The van der Waals surface area contributed by atoms with Gasteiger partial charge in [-0.1, -0.05) is 255 Å². The van der Waals surface area contributed by atoms with E-state index in [1.165, 1.54) is 115 Å². The molecule has 0 N–H and O–H groups in total. The Bertz CT molecular complexity index is 4510. The molecule has 15 rings (SSSR count). The minimum atomic E-state index is -0.470. The van der Waals surface area contributed by atoms with Gasteiger partial charge < -0.3 is 4.90 Å². The first-order chi connectivity index (χ1) is 38.7. The molecule has 0 radical (unpaired) electrons. The minimum Gasteiger partial charge on any atom is -0.310 e. The lowest BCUT2D eigenvalue weighted by atomic mass is 9.67. The number of rotatable bonds is 9. The van der Waals surface area contributed by atoms with Crippen molar-refractivity contribution in [3.8, 4) is 55.6 Å². The molecule has 1 heteroatoms. The number of benzene rings is 14. The van der Waals surface area contributed by atoms with Crippen LogP contribution in [-0.2, 0) is 5.41 Å². The zero-order chi connectivity index (χ0) is 51.6. The van der Waals surface area contributed by atoms with Gasteiger partial charge in [0.05, 0.1) is 5.41 Å². The first-order valence-electron chi connectivity index (χ1n) is 27.1. The monoisotopic (exact) mass is 989 g/mol. The molecule has 364 valence electrons. The summed E-state index contributed by atoms with van der Waals surface area (Å²) in [5.74, 6) is 0. The van der Waals surface area contributed by atoms with Gasteiger partial charge in [-0.05, 0) is 176 Å². The van der Waals surface area contributed by atoms with Crippen LogP contribution in [0.15, 0.2) is 309 Å². The lowest BCUT2D eigenvalue weighted by Crippen LogP contribution is -2.28. The average Bonchev–Trinajstić information content (AvgIpc) is 3.71. The second-order valence-electron chi connectivity index (χ2n) is 20.7. The van der Waals surface area contributed by atoms with Gasteiger partial charge in [-0.2, -0.15) is 0 Å². The molecule has 0 unspecified atom stereocenters. The zero-order valence-electron chi connectivity index (χ0n) is 42.9. The van der Waals surface area contributed by atoms with Crippen LogP contribution in [-0.4, -0.2) is 0 Å². The highest BCUT2D eigenvalue weighted by Gasteiger charge is 2.46. The third-order valence-corrected chi connectivity index (χ3v) is 16.5. The molecular weight excluding hydrogens is 939 g/mol. The third kappa shape index (κ3) is 7.39. The van der Waals surface area contributed by atoms with Crippen LogP contribution >= 0.6 is 0 Å². The van der Waals surface area contributed by atoms with Gasteiger partial charge in [0.1, 0.15) is 0 Å². The van der Waals surface area contributed by atoms with Crippen LogP contribution in [0.5, 0.6) is 0 Å². The van der Waals surface area contributed by atoms with E-state index in [4.69, 9.17) is 0 Å². The number of nitrogens with zero attached hydrogens (tertiary/aromatic N) is 1. The molecule has 0 aromatic heterocycles. The first kappa shape index (κ1) is 45.3. The van der Waals surface area contributed by atoms with Gasteiger partial charge in [-0.25, -0.2) is 0 Å². The Morgan fingerprint density at radius 3 is 1.31 bits per heavy atom. The molecule has 14 aromatic carbocycles. The van der Waals surface area contributed by atoms with E-state index in [1.54, 1.807) is 0 Å². The van der Waals surface area contributed by atoms with Gasteiger partial charge in [-0.3, -0.25) is 0 Å². The molecule has 0 amide bonds. The maximum Gasteiger partial charge on any atom is 0.0713 e. The molecule has 1 nitrogen and oxygen atoms in total. The fourth-order valence-electron chi connectivity index (χ4n) is 12.9. The highest BCUT2D eigenvalue weighted by molar-refractivity contribution is 6.25. The van der Waals surface area contributed by atoms with Crippen LogP contribution < -0.4 is 4.90 Å². The molecule has 0 atom stereocenters. The van der Waals surface area contributed by atoms with Crippen molar-refractivity contribution >= 4 is 60.2 Å². The molecule has 0 bridgehead atoms. The van der Waals surface area contributed by atoms with Crippen LogP contribution in [0, 0.1) is 0 Å². The number of anilines is 3. The summed E-state index contributed by atoms with van der Waals surface area (Å²) in [5.41, 5.74) is 20.0. The van der Waals surface area contributed by atoms with Gasteiger partial charge in [0.15, 0.2) is 0 Å². The number of hydrogen-bond acceptors (Lipinski definition) is 1. The summed E-state index contributed by atoms with van der Waals surface area (Å²) in [4.78, 5) is 2.40. The van der Waals surface area contributed by atoms with Crippen LogP contribution in [0.1, 0.15) is 22.3 Å². The summed E-state index contributed by atoms with van der Waals surface area (Å²) in [6.45, 7) is 0. The Morgan fingerprint density at radius 2 is 0.641 bits per heavy atom. The van der Waals surface area contributed by atoms with Crippen LogP contribution in [0.25, 0.3) is 98.7 Å². The fraction of sp³-hybridized carbons (Fsp3) is 0.0130. The molecule has 1 aliphatic carbocycles. The van der Waals surface area contributed by atoms with Crippen LogP contribution in [0.4, 0.5) is 17.1 Å². The smallest absolute Gasteiger partial charge is 0.0713 e. The van der Waals surface area contributed by atoms with Crippen molar-refractivity contribution < 1.29 is 0 Å². The van der Waals surface area contributed by atoms with E-state index in [1.807, 2.05) is 0 Å². The quantitative estimate of drug-likeness (QED) is 0.130. The van der Waals surface area contributed by atoms with Crippen LogP contribution in [0.3, 0.4) is 0 Å². The van der Waals surface area contributed by atoms with Crippen molar-refractivity contribution in [2.75, 3.05) is 4.90 Å². The lowest BCUT2D eigenvalue weighted by molar-refractivity contribution is 0.769. The van der Waals surface area contributed by atoms with E-state index in [-0.39, 0.29) is 0 Å². The first-order valence-corrected chi connectivity index (χ1v) is 27.1. The maximum absolute atomic E-state index is 2.45. The van der Waals surface area contributed by atoms with Gasteiger partial charge in [-0.15, -0.1) is 0 Å². The maximum atomic E-state index is 2.45. The van der Waals surface area contributed by atoms with Crippen molar-refractivity contribution in [3.63, 3.8) is 0 Å². The topological polar surface area (TPSA) is 3.24 Å². The Balaban J connectivity index is 0.842. The summed E-state index contributed by atoms with van der Waals surface area (Å²) >= 11 is 0. The molecule has 14 aromatic rings. The summed E-state index contributed by atoms with van der Waals surface area (Å²) < 4.78 is 0. The predicted octanol–water partition coefficient (Wildman–Crippen LogP) is 20.8. The highest BCUT2D eigenvalue weighted by Crippen LogP contribution is 2.57. The predicted molar refractivity (Wildman–Crippen MR) is 330 cm³/mol. The highest BCUT2D eigenvalue weighted by atomic mass is 15.1. The number of fused-ring (bicyclic) bond motifs is 10.